The highest BCUT2D eigenvalue weighted by Gasteiger charge is 2.35. The number of hydrogen-bond donors (Lipinski definition) is 4. The summed E-state index contributed by atoms with van der Waals surface area (Å²) in [6.07, 6.45) is -1.54. The van der Waals surface area contributed by atoms with Crippen molar-refractivity contribution in [1.29, 1.82) is 0 Å². The second-order valence-corrected chi connectivity index (χ2v) is 17.9. The van der Waals surface area contributed by atoms with Gasteiger partial charge in [-0.1, -0.05) is 42.5 Å². The van der Waals surface area contributed by atoms with E-state index in [4.69, 9.17) is 26.7 Å². The fourth-order valence-electron chi connectivity index (χ4n) is 5.85. The molecule has 19 nitrogen and oxygen atoms in total. The summed E-state index contributed by atoms with van der Waals surface area (Å²) in [5.41, 5.74) is -0.388. The zero-order valence-corrected chi connectivity index (χ0v) is 34.4. The van der Waals surface area contributed by atoms with Crippen LogP contribution in [0, 0.1) is 0 Å². The van der Waals surface area contributed by atoms with Gasteiger partial charge in [0.1, 0.15) is 28.8 Å². The predicted molar refractivity (Wildman–Crippen MR) is 220 cm³/mol. The van der Waals surface area contributed by atoms with Gasteiger partial charge < -0.3 is 26.9 Å². The molecule has 1 unspecified atom stereocenters. The summed E-state index contributed by atoms with van der Waals surface area (Å²) >= 11 is 0. The third-order valence-corrected chi connectivity index (χ3v) is 11.7. The summed E-state index contributed by atoms with van der Waals surface area (Å²) in [7, 11) is -19.6. The van der Waals surface area contributed by atoms with Crippen molar-refractivity contribution in [2.24, 2.45) is 9.98 Å². The molecule has 62 heavy (non-hydrogen) atoms. The highest BCUT2D eigenvalue weighted by Crippen LogP contribution is 2.39. The molecule has 0 radical (unpaired) electrons. The minimum absolute atomic E-state index is 0.00865. The summed E-state index contributed by atoms with van der Waals surface area (Å²) in [5, 5.41) is 19.3. The quantitative estimate of drug-likeness (QED) is 0.0994. The zero-order valence-electron chi connectivity index (χ0n) is 31.1. The van der Waals surface area contributed by atoms with Gasteiger partial charge in [0.05, 0.1) is 20.9 Å². The van der Waals surface area contributed by atoms with Gasteiger partial charge in [0, 0.05) is 5.69 Å². The molecule has 7 rings (SSSR count). The molecule has 6 aromatic carbocycles. The first-order valence-electron chi connectivity index (χ1n) is 17.4. The highest BCUT2D eigenvalue weighted by molar-refractivity contribution is 7.86. The molecule has 1 atom stereocenters. The van der Waals surface area contributed by atoms with Crippen LogP contribution in [-0.4, -0.2) is 64.7 Å². The van der Waals surface area contributed by atoms with E-state index in [-0.39, 0.29) is 57.0 Å². The monoisotopic (exact) mass is 923 g/mol. The minimum atomic E-state index is -4.99. The molecule has 1 aliphatic rings. The van der Waals surface area contributed by atoms with Crippen LogP contribution in [-0.2, 0) is 41.0 Å². The van der Waals surface area contributed by atoms with Crippen molar-refractivity contribution in [3.8, 4) is 34.5 Å². The minimum Gasteiger partial charge on any atom is -0.508 e. The number of para-hydroxylation sites is 2. The lowest BCUT2D eigenvalue weighted by atomic mass is 10.0. The maximum atomic E-state index is 13.4. The molecule has 23 heteroatoms. The Labute approximate surface area is 354 Å². The van der Waals surface area contributed by atoms with Crippen LogP contribution in [0.15, 0.2) is 165 Å². The highest BCUT2D eigenvalue weighted by atomic mass is 32.3. The van der Waals surface area contributed by atoms with Gasteiger partial charge in [0.15, 0.2) is 23.5 Å². The van der Waals surface area contributed by atoms with Crippen LogP contribution >= 0.6 is 0 Å². The van der Waals surface area contributed by atoms with Gasteiger partial charge in [0.25, 0.3) is 20.2 Å². The van der Waals surface area contributed by atoms with Gasteiger partial charge in [-0.2, -0.15) is 16.8 Å². The second kappa shape index (κ2) is 16.8. The Morgan fingerprint density at radius 3 is 1.50 bits per heavy atom. The molecule has 0 saturated carbocycles. The number of nitrogens with zero attached hydrogens (tertiary/aromatic N) is 3. The van der Waals surface area contributed by atoms with E-state index in [0.29, 0.717) is 0 Å². The topological polar surface area (TPSA) is 282 Å². The van der Waals surface area contributed by atoms with Crippen LogP contribution in [0.1, 0.15) is 22.9 Å². The number of amidine groups is 2. The van der Waals surface area contributed by atoms with Crippen LogP contribution in [0.3, 0.4) is 0 Å². The van der Waals surface area contributed by atoms with Crippen molar-refractivity contribution in [2.45, 2.75) is 16.0 Å². The van der Waals surface area contributed by atoms with E-state index < -0.39 is 68.5 Å². The lowest BCUT2D eigenvalue weighted by Gasteiger charge is -2.36. The molecule has 0 aromatic heterocycles. The fraction of sp³-hybridized carbons (Fsp3) is 0.0256. The maximum Gasteiger partial charge on any atom is 0.501 e. The van der Waals surface area contributed by atoms with Gasteiger partial charge in [-0.3, -0.25) is 14.0 Å². The Balaban J connectivity index is 1.44. The van der Waals surface area contributed by atoms with E-state index in [1.165, 1.54) is 102 Å². The largest absolute Gasteiger partial charge is 0.508 e. The fourth-order valence-corrected chi connectivity index (χ4v) is 8.40. The second-order valence-electron chi connectivity index (χ2n) is 12.8. The molecule has 1 aliphatic heterocycles. The van der Waals surface area contributed by atoms with Crippen molar-refractivity contribution in [1.82, 2.24) is 0 Å². The number of anilines is 1. The molecular formula is C39H29N3O16S4. The van der Waals surface area contributed by atoms with Gasteiger partial charge in [0.2, 0.25) is 0 Å². The Kier molecular flexibility index (Phi) is 11.7. The molecule has 0 amide bonds. The molecule has 0 aliphatic carbocycles. The van der Waals surface area contributed by atoms with Crippen LogP contribution in [0.2, 0.25) is 0 Å². The number of rotatable bonds is 14. The van der Waals surface area contributed by atoms with E-state index in [0.717, 1.165) is 48.5 Å². The average molecular weight is 924 g/mol. The number of phenols is 2. The summed E-state index contributed by atoms with van der Waals surface area (Å²) in [4.78, 5) is 9.48. The molecule has 0 bridgehead atoms. The molecule has 6 aromatic rings. The zero-order chi connectivity index (χ0) is 44.5. The molecule has 4 N–H and O–H groups in total. The van der Waals surface area contributed by atoms with E-state index in [1.54, 1.807) is 0 Å². The summed E-state index contributed by atoms with van der Waals surface area (Å²) < 4.78 is 144. The Morgan fingerprint density at radius 1 is 0.500 bits per heavy atom. The summed E-state index contributed by atoms with van der Waals surface area (Å²) in [5.74, 6) is -2.30. The van der Waals surface area contributed by atoms with E-state index in [2.05, 4.69) is 0 Å². The molecular weight excluding hydrogens is 895 g/mol. The predicted octanol–water partition coefficient (Wildman–Crippen LogP) is 5.41. The third kappa shape index (κ3) is 10.1. The van der Waals surface area contributed by atoms with Crippen molar-refractivity contribution in [3.05, 3.63) is 162 Å². The first-order chi connectivity index (χ1) is 29.2. The van der Waals surface area contributed by atoms with Gasteiger partial charge in [-0.05, 0) is 109 Å². The number of phenolic OH excluding ortho intramolecular Hbond substituents is 2. The number of aliphatic imine (C=N–C) groups is 2. The number of hydrogen-bond acceptors (Lipinski definition) is 17. The first-order valence-corrected chi connectivity index (χ1v) is 22.9. The van der Waals surface area contributed by atoms with Gasteiger partial charge in [-0.25, -0.2) is 9.98 Å². The molecule has 320 valence electrons. The number of aromatic hydroxyl groups is 2. The molecule has 0 fully saturated rings. The van der Waals surface area contributed by atoms with Gasteiger partial charge >= 0.3 is 20.8 Å². The standard InChI is InChI=1S/C39H29N3O16S4/c43-27-15-19-29(20-16-27)55-61(51,52)57-35-13-3-1-11-33(35)37-40-38(25-7-5-9-31(23-25)59(45,46)47)42(26-8-6-10-32(24-26)60(48,49)50)39(41-37)34-12-2-4-14-36(34)58-62(53,54)56-30-21-17-28(44)18-22-30/h1-24,38,43-44H,(H,45,46,47)(H,48,49,50). The number of benzene rings is 6. The van der Waals surface area contributed by atoms with Gasteiger partial charge in [-0.15, -0.1) is 16.8 Å². The van der Waals surface area contributed by atoms with E-state index in [1.807, 2.05) is 0 Å². The Morgan fingerprint density at radius 2 is 0.968 bits per heavy atom. The third-order valence-electron chi connectivity index (χ3n) is 8.49. The Bertz CT molecular complexity index is 3200. The van der Waals surface area contributed by atoms with Crippen LogP contribution < -0.4 is 21.6 Å². The van der Waals surface area contributed by atoms with Crippen LogP contribution in [0.5, 0.6) is 34.5 Å². The molecule has 1 heterocycles. The van der Waals surface area contributed by atoms with Crippen molar-refractivity contribution in [3.63, 3.8) is 0 Å². The smallest absolute Gasteiger partial charge is 0.501 e. The lowest BCUT2D eigenvalue weighted by Crippen LogP contribution is -2.39. The van der Waals surface area contributed by atoms with E-state index in [9.17, 15) is 53.0 Å². The average Bonchev–Trinajstić information content (AvgIpc) is 3.21. The Hall–Kier alpha value is -7.02. The normalized spacial score (nSPS) is 14.6. The summed E-state index contributed by atoms with van der Waals surface area (Å²) in [6, 6.07) is 29.6. The van der Waals surface area contributed by atoms with Crippen LogP contribution in [0.25, 0.3) is 0 Å². The maximum absolute atomic E-state index is 13.4. The van der Waals surface area contributed by atoms with Crippen molar-refractivity contribution in [2.75, 3.05) is 4.90 Å². The lowest BCUT2D eigenvalue weighted by molar-refractivity contribution is 0.389. The van der Waals surface area contributed by atoms with Crippen molar-refractivity contribution < 1.29 is 69.7 Å². The van der Waals surface area contributed by atoms with Crippen molar-refractivity contribution >= 4 is 58.4 Å². The molecule has 0 spiro atoms. The summed E-state index contributed by atoms with van der Waals surface area (Å²) in [6.45, 7) is 0. The van der Waals surface area contributed by atoms with Crippen LogP contribution in [0.4, 0.5) is 5.69 Å². The first kappa shape index (κ1) is 43.1. The molecule has 0 saturated heterocycles. The van der Waals surface area contributed by atoms with E-state index >= 15 is 0 Å². The SMILES string of the molecule is O=S(=O)(Oc1ccc(O)cc1)Oc1ccccc1C1=NC(c2cccc(S(=O)(=O)O)c2)N(c2cccc(S(=O)(=O)O)c2)C(c2ccccc2OS(=O)(=O)Oc2ccc(O)cc2)=N1.